The van der Waals surface area contributed by atoms with Gasteiger partial charge in [-0.05, 0) is 19.8 Å². The van der Waals surface area contributed by atoms with Crippen molar-refractivity contribution in [3.63, 3.8) is 0 Å². The smallest absolute Gasteiger partial charge is 0.331 e. The summed E-state index contributed by atoms with van der Waals surface area (Å²) >= 11 is 0. The average molecular weight is 229 g/mol. The number of rotatable bonds is 6. The van der Waals surface area contributed by atoms with Crippen molar-refractivity contribution in [1.82, 2.24) is 5.32 Å². The normalized spacial score (nSPS) is 14.0. The van der Waals surface area contributed by atoms with E-state index in [-0.39, 0.29) is 23.0 Å². The molecule has 0 fully saturated rings. The molecule has 0 radical (unpaired) electrons. The molecule has 1 atom stereocenters. The number of carboxylic acids is 1. The number of methoxy groups -OCH3 is 1. The van der Waals surface area contributed by atoms with Gasteiger partial charge in [0.1, 0.15) is 0 Å². The van der Waals surface area contributed by atoms with Crippen LogP contribution in [0.3, 0.4) is 0 Å². The molecule has 0 bridgehead atoms. The Hall–Kier alpha value is -1.36. The Bertz CT molecular complexity index is 296. The highest BCUT2D eigenvalue weighted by Crippen LogP contribution is 2.03. The van der Waals surface area contributed by atoms with E-state index in [2.05, 4.69) is 5.32 Å². The van der Waals surface area contributed by atoms with Gasteiger partial charge >= 0.3 is 5.97 Å². The lowest BCUT2D eigenvalue weighted by Crippen LogP contribution is -2.31. The van der Waals surface area contributed by atoms with E-state index in [0.29, 0.717) is 13.2 Å². The van der Waals surface area contributed by atoms with Crippen molar-refractivity contribution < 1.29 is 19.4 Å². The van der Waals surface area contributed by atoms with E-state index < -0.39 is 5.97 Å². The van der Waals surface area contributed by atoms with Gasteiger partial charge in [0, 0.05) is 24.8 Å². The first-order valence-corrected chi connectivity index (χ1v) is 5.08. The lowest BCUT2D eigenvalue weighted by molar-refractivity contribution is -0.133. The predicted octanol–water partition coefficient (Wildman–Crippen LogP) is 0.806. The van der Waals surface area contributed by atoms with Crippen LogP contribution in [-0.2, 0) is 14.3 Å². The van der Waals surface area contributed by atoms with Gasteiger partial charge in [-0.2, -0.15) is 0 Å². The molecule has 0 heterocycles. The number of carboxylic acid groups (broad SMARTS) is 1. The first-order chi connectivity index (χ1) is 7.40. The minimum Gasteiger partial charge on any atom is -0.478 e. The molecule has 0 aliphatic carbocycles. The summed E-state index contributed by atoms with van der Waals surface area (Å²) in [4.78, 5) is 22.2. The third kappa shape index (κ3) is 4.93. The van der Waals surface area contributed by atoms with Crippen LogP contribution >= 0.6 is 0 Å². The summed E-state index contributed by atoms with van der Waals surface area (Å²) in [6.07, 6.45) is 0. The molecule has 5 nitrogen and oxygen atoms in total. The van der Waals surface area contributed by atoms with Crippen LogP contribution in [0, 0.1) is 5.92 Å². The largest absolute Gasteiger partial charge is 0.478 e. The van der Waals surface area contributed by atoms with E-state index in [0.717, 1.165) is 0 Å². The van der Waals surface area contributed by atoms with Crippen LogP contribution in [0.15, 0.2) is 11.1 Å². The fraction of sp³-hybridized carbons (Fsp3) is 0.636. The van der Waals surface area contributed by atoms with Gasteiger partial charge in [-0.25, -0.2) is 4.79 Å². The molecule has 1 unspecified atom stereocenters. The fourth-order valence-corrected chi connectivity index (χ4v) is 1.07. The van der Waals surface area contributed by atoms with Crippen molar-refractivity contribution in [3.05, 3.63) is 11.1 Å². The van der Waals surface area contributed by atoms with Gasteiger partial charge in [0.05, 0.1) is 6.61 Å². The zero-order valence-corrected chi connectivity index (χ0v) is 10.2. The minimum absolute atomic E-state index is 0.0666. The number of ether oxygens (including phenoxy) is 1. The maximum Gasteiger partial charge on any atom is 0.331 e. The van der Waals surface area contributed by atoms with Crippen molar-refractivity contribution in [2.45, 2.75) is 20.8 Å². The van der Waals surface area contributed by atoms with Crippen molar-refractivity contribution in [1.29, 1.82) is 0 Å². The first kappa shape index (κ1) is 14.6. The van der Waals surface area contributed by atoms with Crippen LogP contribution in [0.25, 0.3) is 0 Å². The minimum atomic E-state index is -1.07. The molecule has 92 valence electrons. The van der Waals surface area contributed by atoms with Crippen LogP contribution in [0.1, 0.15) is 20.8 Å². The molecule has 2 N–H and O–H groups in total. The third-order valence-corrected chi connectivity index (χ3v) is 2.29. The fourth-order valence-electron chi connectivity index (χ4n) is 1.07. The standard InChI is InChI=1S/C11H19NO4/c1-7(6-16-4)5-12-10(13)8(2)9(3)11(14)15/h7H,5-6H2,1-4H3,(H,12,13)(H,14,15). The molecule has 0 saturated carbocycles. The van der Waals surface area contributed by atoms with E-state index in [9.17, 15) is 9.59 Å². The Morgan fingerprint density at radius 2 is 1.88 bits per heavy atom. The zero-order valence-electron chi connectivity index (χ0n) is 10.2. The lowest BCUT2D eigenvalue weighted by Gasteiger charge is -2.12. The summed E-state index contributed by atoms with van der Waals surface area (Å²) in [6.45, 7) is 5.88. The van der Waals surface area contributed by atoms with Gasteiger partial charge in [-0.1, -0.05) is 6.92 Å². The Balaban J connectivity index is 4.27. The number of carbonyl (C=O) groups excluding carboxylic acids is 1. The van der Waals surface area contributed by atoms with Crippen molar-refractivity contribution in [2.24, 2.45) is 5.92 Å². The second kappa shape index (κ2) is 7.00. The average Bonchev–Trinajstić information content (AvgIpc) is 2.24. The Kier molecular flexibility index (Phi) is 6.41. The molecule has 5 heteroatoms. The van der Waals surface area contributed by atoms with E-state index in [1.165, 1.54) is 13.8 Å². The highest BCUT2D eigenvalue weighted by Gasteiger charge is 2.13. The number of hydrogen-bond donors (Lipinski definition) is 2. The number of aliphatic carboxylic acids is 1. The third-order valence-electron chi connectivity index (χ3n) is 2.29. The Morgan fingerprint density at radius 1 is 1.31 bits per heavy atom. The van der Waals surface area contributed by atoms with Crippen molar-refractivity contribution in [3.8, 4) is 0 Å². The Labute approximate surface area is 95.5 Å². The number of amides is 1. The van der Waals surface area contributed by atoms with Gasteiger partial charge in [0.25, 0.3) is 0 Å². The SMILES string of the molecule is COCC(C)CNC(=O)C(C)=C(C)C(=O)O. The highest BCUT2D eigenvalue weighted by atomic mass is 16.5. The molecule has 0 aromatic heterocycles. The summed E-state index contributed by atoms with van der Waals surface area (Å²) in [7, 11) is 1.60. The number of hydrogen-bond acceptors (Lipinski definition) is 3. The van der Waals surface area contributed by atoms with E-state index >= 15 is 0 Å². The maximum absolute atomic E-state index is 11.5. The molecule has 0 aromatic rings. The first-order valence-electron chi connectivity index (χ1n) is 5.08. The summed E-state index contributed by atoms with van der Waals surface area (Å²) < 4.78 is 4.92. The van der Waals surface area contributed by atoms with Gasteiger partial charge in [-0.15, -0.1) is 0 Å². The predicted molar refractivity (Wildman–Crippen MR) is 60.1 cm³/mol. The van der Waals surface area contributed by atoms with Gasteiger partial charge < -0.3 is 15.2 Å². The molecule has 0 aliphatic heterocycles. The van der Waals surface area contributed by atoms with E-state index in [1.54, 1.807) is 7.11 Å². The topological polar surface area (TPSA) is 75.6 Å². The molecule has 1 amide bonds. The molecule has 16 heavy (non-hydrogen) atoms. The molecule has 0 saturated heterocycles. The number of carbonyl (C=O) groups is 2. The van der Waals surface area contributed by atoms with Crippen LogP contribution in [-0.4, -0.2) is 37.2 Å². The second-order valence-corrected chi connectivity index (χ2v) is 3.83. The second-order valence-electron chi connectivity index (χ2n) is 3.83. The van der Waals surface area contributed by atoms with Gasteiger partial charge in [0.15, 0.2) is 0 Å². The molecule has 0 spiro atoms. The number of nitrogens with one attached hydrogen (secondary N) is 1. The summed E-state index contributed by atoms with van der Waals surface area (Å²) in [5.41, 5.74) is 0.300. The maximum atomic E-state index is 11.5. The molecular weight excluding hydrogens is 210 g/mol. The van der Waals surface area contributed by atoms with Crippen molar-refractivity contribution in [2.75, 3.05) is 20.3 Å². The van der Waals surface area contributed by atoms with Crippen LogP contribution < -0.4 is 5.32 Å². The molecule has 0 aromatic carbocycles. The zero-order chi connectivity index (χ0) is 12.7. The summed E-state index contributed by atoms with van der Waals surface area (Å²) in [6, 6.07) is 0. The van der Waals surface area contributed by atoms with Crippen LogP contribution in [0.2, 0.25) is 0 Å². The van der Waals surface area contributed by atoms with Crippen LogP contribution in [0.4, 0.5) is 0 Å². The van der Waals surface area contributed by atoms with Gasteiger partial charge in [-0.3, -0.25) is 4.79 Å². The van der Waals surface area contributed by atoms with Crippen molar-refractivity contribution >= 4 is 11.9 Å². The van der Waals surface area contributed by atoms with Gasteiger partial charge in [0.2, 0.25) is 5.91 Å². The molecule has 0 rings (SSSR count). The quantitative estimate of drug-likeness (QED) is 0.661. The van der Waals surface area contributed by atoms with E-state index in [4.69, 9.17) is 9.84 Å². The molecule has 0 aliphatic rings. The highest BCUT2D eigenvalue weighted by molar-refractivity contribution is 6.01. The van der Waals surface area contributed by atoms with E-state index in [1.807, 2.05) is 6.92 Å². The molecular formula is C11H19NO4. The van der Waals surface area contributed by atoms with Crippen LogP contribution in [0.5, 0.6) is 0 Å². The lowest BCUT2D eigenvalue weighted by atomic mass is 10.1. The summed E-state index contributed by atoms with van der Waals surface area (Å²) in [5, 5.41) is 11.4. The summed E-state index contributed by atoms with van der Waals surface area (Å²) in [5.74, 6) is -1.22. The Morgan fingerprint density at radius 3 is 2.31 bits per heavy atom. The monoisotopic (exact) mass is 229 g/mol.